The summed E-state index contributed by atoms with van der Waals surface area (Å²) < 4.78 is 21.6. The third kappa shape index (κ3) is 4.75. The summed E-state index contributed by atoms with van der Waals surface area (Å²) in [5.41, 5.74) is 0.838. The van der Waals surface area contributed by atoms with Gasteiger partial charge in [-0.25, -0.2) is 4.57 Å². The van der Waals surface area contributed by atoms with Gasteiger partial charge in [0.25, 0.3) is 0 Å². The minimum Gasteiger partial charge on any atom is -0.388 e. The van der Waals surface area contributed by atoms with Crippen molar-refractivity contribution in [2.75, 3.05) is 6.61 Å². The van der Waals surface area contributed by atoms with E-state index >= 15 is 0 Å². The Kier molecular flexibility index (Phi) is 6.99. The molecule has 0 spiro atoms. The number of allylic oxidation sites excluding steroid dienone is 2. The second-order valence-corrected chi connectivity index (χ2v) is 10.9. The molecule has 1 saturated carbocycles. The van der Waals surface area contributed by atoms with E-state index in [2.05, 4.69) is 15.9 Å². The summed E-state index contributed by atoms with van der Waals surface area (Å²) in [6, 6.07) is 0. The van der Waals surface area contributed by atoms with Crippen LogP contribution in [-0.4, -0.2) is 62.5 Å². The lowest BCUT2D eigenvalue weighted by Gasteiger charge is -2.36. The number of fused-ring (bicyclic) bond motifs is 1. The molecule has 0 radical (unpaired) electrons. The highest BCUT2D eigenvalue weighted by Crippen LogP contribution is 2.54. The highest BCUT2D eigenvalue weighted by molar-refractivity contribution is 7.46. The first-order chi connectivity index (χ1) is 15.1. The second-order valence-electron chi connectivity index (χ2n) is 9.64. The van der Waals surface area contributed by atoms with Crippen molar-refractivity contribution in [1.82, 2.24) is 5.32 Å². The molecule has 10 heteroatoms. The normalized spacial score (nSPS) is 41.9. The van der Waals surface area contributed by atoms with Crippen molar-refractivity contribution in [3.8, 4) is 0 Å². The topological polar surface area (TPSA) is 146 Å². The van der Waals surface area contributed by atoms with Gasteiger partial charge in [-0.2, -0.15) is 0 Å². The van der Waals surface area contributed by atoms with Crippen LogP contribution in [0.4, 0.5) is 0 Å². The van der Waals surface area contributed by atoms with Crippen LogP contribution in [0.15, 0.2) is 23.8 Å². The molecule has 1 aliphatic heterocycles. The lowest BCUT2D eigenvalue weighted by Crippen LogP contribution is -2.48. The van der Waals surface area contributed by atoms with Crippen molar-refractivity contribution in [2.24, 2.45) is 17.8 Å². The number of carbonyl (C=O) groups is 1. The summed E-state index contributed by atoms with van der Waals surface area (Å²) in [5, 5.41) is 24.5. The van der Waals surface area contributed by atoms with Crippen molar-refractivity contribution in [2.45, 2.75) is 81.8 Å². The Morgan fingerprint density at radius 2 is 2.03 bits per heavy atom. The maximum Gasteiger partial charge on any atom is 0.469 e. The number of amides is 1. The molecule has 8 unspecified atom stereocenters. The van der Waals surface area contributed by atoms with E-state index in [1.807, 2.05) is 6.92 Å². The Morgan fingerprint density at radius 1 is 1.25 bits per heavy atom. The van der Waals surface area contributed by atoms with Crippen LogP contribution in [0.5, 0.6) is 0 Å². The van der Waals surface area contributed by atoms with Crippen LogP contribution in [0.3, 0.4) is 0 Å². The van der Waals surface area contributed by atoms with E-state index in [0.717, 1.165) is 44.9 Å². The number of nitrogens with one attached hydrogen (secondary N) is 1. The van der Waals surface area contributed by atoms with Gasteiger partial charge in [-0.15, -0.1) is 0 Å². The molecule has 8 atom stereocenters. The minimum absolute atomic E-state index is 0.0606. The summed E-state index contributed by atoms with van der Waals surface area (Å²) >= 11 is 0. The molecule has 5 N–H and O–H groups in total. The zero-order valence-corrected chi connectivity index (χ0v) is 19.2. The predicted molar refractivity (Wildman–Crippen MR) is 115 cm³/mol. The first-order valence-electron chi connectivity index (χ1n) is 11.5. The van der Waals surface area contributed by atoms with Gasteiger partial charge < -0.3 is 30.1 Å². The van der Waals surface area contributed by atoms with Gasteiger partial charge in [-0.05, 0) is 74.9 Å². The molecular formula is C22H34NO8P. The molecule has 4 aliphatic rings. The first-order valence-corrected chi connectivity index (χ1v) is 13.1. The molecule has 1 heterocycles. The number of hydrogen-bond acceptors (Lipinski definition) is 6. The molecule has 0 aromatic heterocycles. The number of ether oxygens (including phenoxy) is 1. The Balaban J connectivity index is 1.56. The second kappa shape index (κ2) is 9.29. The quantitative estimate of drug-likeness (QED) is 0.223. The SMILES string of the molecule is C/C=C\C(=O)NC12CCCC3C=C1C(CC2)C(C1OC(COP(=O)(O)O)C(O)C1O)CC3. The molecule has 0 aromatic carbocycles. The number of carbonyl (C=O) groups excluding carboxylic acids is 1. The van der Waals surface area contributed by atoms with Crippen molar-refractivity contribution in [1.29, 1.82) is 0 Å². The zero-order valence-electron chi connectivity index (χ0n) is 18.3. The van der Waals surface area contributed by atoms with Crippen molar-refractivity contribution >= 4 is 13.7 Å². The van der Waals surface area contributed by atoms with Crippen LogP contribution < -0.4 is 5.32 Å². The van der Waals surface area contributed by atoms with E-state index < -0.39 is 38.8 Å². The van der Waals surface area contributed by atoms with Gasteiger partial charge in [0, 0.05) is 0 Å². The molecule has 180 valence electrons. The van der Waals surface area contributed by atoms with Gasteiger partial charge >= 0.3 is 7.82 Å². The molecule has 1 saturated heterocycles. The lowest BCUT2D eigenvalue weighted by atomic mass is 9.77. The maximum absolute atomic E-state index is 12.5. The summed E-state index contributed by atoms with van der Waals surface area (Å²) in [6.07, 6.45) is 7.90. The first kappa shape index (κ1) is 24.1. The van der Waals surface area contributed by atoms with E-state index in [1.165, 1.54) is 5.57 Å². The number of aliphatic hydroxyl groups excluding tert-OH is 2. The third-order valence-corrected chi connectivity index (χ3v) is 8.21. The number of aliphatic hydroxyl groups is 2. The average molecular weight is 471 g/mol. The molecule has 2 bridgehead atoms. The lowest BCUT2D eigenvalue weighted by molar-refractivity contribution is -0.118. The smallest absolute Gasteiger partial charge is 0.388 e. The standard InChI is InChI=1S/C22H34NO8P/c1-2-4-18(24)23-22-9-3-5-13-6-7-15(14(8-10-22)16(22)11-13)21-20(26)19(25)17(31-21)12-30-32(27,28)29/h2,4,11,13-15,17,19-21,25-26H,3,5-10,12H2,1H3,(H,23,24)(H2,27,28,29)/b4-2-. The van der Waals surface area contributed by atoms with E-state index in [0.29, 0.717) is 5.92 Å². The fourth-order valence-electron chi connectivity index (χ4n) is 6.35. The van der Waals surface area contributed by atoms with Crippen molar-refractivity contribution < 1.29 is 38.6 Å². The monoisotopic (exact) mass is 471 g/mol. The van der Waals surface area contributed by atoms with Crippen LogP contribution in [0.25, 0.3) is 0 Å². The van der Waals surface area contributed by atoms with Crippen molar-refractivity contribution in [3.63, 3.8) is 0 Å². The van der Waals surface area contributed by atoms with Crippen LogP contribution in [0, 0.1) is 17.8 Å². The molecule has 2 fully saturated rings. The Morgan fingerprint density at radius 3 is 2.75 bits per heavy atom. The van der Waals surface area contributed by atoms with E-state index in [4.69, 9.17) is 14.5 Å². The van der Waals surface area contributed by atoms with Crippen LogP contribution in [0.2, 0.25) is 0 Å². The average Bonchev–Trinajstić information content (AvgIpc) is 3.03. The van der Waals surface area contributed by atoms with Crippen LogP contribution in [-0.2, 0) is 18.6 Å². The summed E-state index contributed by atoms with van der Waals surface area (Å²) in [6.45, 7) is 1.32. The molecule has 0 aromatic rings. The van der Waals surface area contributed by atoms with E-state index in [1.54, 1.807) is 12.2 Å². The molecular weight excluding hydrogens is 437 g/mol. The Labute approximate surface area is 188 Å². The maximum atomic E-state index is 12.5. The Hall–Kier alpha value is -1.06. The van der Waals surface area contributed by atoms with E-state index in [9.17, 15) is 19.6 Å². The highest BCUT2D eigenvalue weighted by Gasteiger charge is 2.54. The van der Waals surface area contributed by atoms with Gasteiger partial charge in [0.15, 0.2) is 0 Å². The third-order valence-electron chi connectivity index (χ3n) is 7.72. The number of rotatable bonds is 6. The molecule has 9 nitrogen and oxygen atoms in total. The number of phosphoric ester groups is 1. The molecule has 4 rings (SSSR count). The van der Waals surface area contributed by atoms with Crippen LogP contribution in [0.1, 0.15) is 51.9 Å². The largest absolute Gasteiger partial charge is 0.469 e. The van der Waals surface area contributed by atoms with Gasteiger partial charge in [0.1, 0.15) is 18.3 Å². The summed E-state index contributed by atoms with van der Waals surface area (Å²) in [7, 11) is -4.71. The Bertz CT molecular complexity index is 825. The number of hydrogen-bond donors (Lipinski definition) is 5. The molecule has 3 aliphatic carbocycles. The fourth-order valence-corrected chi connectivity index (χ4v) is 6.69. The van der Waals surface area contributed by atoms with Gasteiger partial charge in [0.2, 0.25) is 5.91 Å². The molecule has 1 amide bonds. The summed E-state index contributed by atoms with van der Waals surface area (Å²) in [4.78, 5) is 30.4. The minimum atomic E-state index is -4.71. The van der Waals surface area contributed by atoms with Gasteiger partial charge in [-0.1, -0.05) is 18.6 Å². The molecule has 32 heavy (non-hydrogen) atoms. The predicted octanol–water partition coefficient (Wildman–Crippen LogP) is 1.56. The summed E-state index contributed by atoms with van der Waals surface area (Å²) in [5.74, 6) is 0.357. The number of phosphoric acid groups is 1. The fraction of sp³-hybridized carbons (Fsp3) is 0.773. The van der Waals surface area contributed by atoms with Crippen LogP contribution >= 0.6 is 7.82 Å². The van der Waals surface area contributed by atoms with Crippen molar-refractivity contribution in [3.05, 3.63) is 23.8 Å². The zero-order chi connectivity index (χ0) is 23.1. The highest BCUT2D eigenvalue weighted by atomic mass is 31.2. The van der Waals surface area contributed by atoms with Gasteiger partial charge in [0.05, 0.1) is 18.2 Å². The van der Waals surface area contributed by atoms with E-state index in [-0.39, 0.29) is 23.3 Å². The van der Waals surface area contributed by atoms with Gasteiger partial charge in [-0.3, -0.25) is 9.32 Å².